The largest absolute Gasteiger partial charge is 0.466 e. The Kier molecular flexibility index (Phi) is 5.83. The molecule has 0 saturated carbocycles. The third-order valence-corrected chi connectivity index (χ3v) is 4.10. The highest BCUT2D eigenvalue weighted by atomic mass is 19.2. The van der Waals surface area contributed by atoms with E-state index in [9.17, 15) is 37.1 Å². The molecule has 1 heterocycles. The van der Waals surface area contributed by atoms with E-state index in [1.807, 2.05) is 0 Å². The predicted molar refractivity (Wildman–Crippen MR) is 78.4 cm³/mol. The highest BCUT2D eigenvalue weighted by Gasteiger charge is 2.43. The summed E-state index contributed by atoms with van der Waals surface area (Å²) < 4.78 is 59.3. The Labute approximate surface area is 145 Å². The van der Waals surface area contributed by atoms with E-state index in [1.54, 1.807) is 0 Å². The number of halogens is 4. The molecule has 1 aliphatic rings. The molecule has 2 atom stereocenters. The van der Waals surface area contributed by atoms with Gasteiger partial charge in [-0.05, 0) is 13.3 Å². The van der Waals surface area contributed by atoms with Gasteiger partial charge in [-0.3, -0.25) is 14.5 Å². The SMILES string of the molecule is CCOC(=O)CC(=O)C1CC(c2c(F)c(F)cc(F)c2F)CN1C(=O)O. The van der Waals surface area contributed by atoms with Crippen molar-refractivity contribution < 1.29 is 41.8 Å². The number of Topliss-reactive ketones (excluding diaryl/α,β-unsaturated/α-hetero) is 1. The monoisotopic (exact) mass is 377 g/mol. The summed E-state index contributed by atoms with van der Waals surface area (Å²) >= 11 is 0. The number of benzene rings is 1. The normalized spacial score (nSPS) is 19.5. The highest BCUT2D eigenvalue weighted by Crippen LogP contribution is 2.36. The van der Waals surface area contributed by atoms with Crippen molar-refractivity contribution in [2.24, 2.45) is 0 Å². The van der Waals surface area contributed by atoms with E-state index in [2.05, 4.69) is 4.74 Å². The van der Waals surface area contributed by atoms with Crippen LogP contribution in [0.15, 0.2) is 6.07 Å². The number of rotatable bonds is 5. The first-order chi connectivity index (χ1) is 12.2. The van der Waals surface area contributed by atoms with Crippen LogP contribution in [0.4, 0.5) is 22.4 Å². The number of hydrogen-bond acceptors (Lipinski definition) is 4. The smallest absolute Gasteiger partial charge is 0.407 e. The van der Waals surface area contributed by atoms with Gasteiger partial charge in [0.1, 0.15) is 6.42 Å². The predicted octanol–water partition coefficient (Wildman–Crippen LogP) is 2.60. The van der Waals surface area contributed by atoms with Crippen molar-refractivity contribution >= 4 is 17.8 Å². The fourth-order valence-corrected chi connectivity index (χ4v) is 2.98. The van der Waals surface area contributed by atoms with Gasteiger partial charge in [0.25, 0.3) is 0 Å². The van der Waals surface area contributed by atoms with Gasteiger partial charge in [0.05, 0.1) is 12.6 Å². The molecule has 6 nitrogen and oxygen atoms in total. The molecule has 0 aromatic heterocycles. The van der Waals surface area contributed by atoms with E-state index < -0.39 is 78.0 Å². The molecule has 0 bridgehead atoms. The van der Waals surface area contributed by atoms with E-state index in [1.165, 1.54) is 6.92 Å². The van der Waals surface area contributed by atoms with Crippen LogP contribution < -0.4 is 0 Å². The standard InChI is InChI=1S/C16H15F4NO5/c1-2-26-12(23)5-11(22)10-3-7(6-21(10)16(24)25)13-14(19)8(17)4-9(18)15(13)20/h4,7,10H,2-3,5-6H2,1H3,(H,24,25). The van der Waals surface area contributed by atoms with Gasteiger partial charge in [0.15, 0.2) is 29.1 Å². The molecule has 1 amide bonds. The number of likely N-dealkylation sites (tertiary alicyclic amines) is 1. The maximum atomic E-state index is 14.0. The van der Waals surface area contributed by atoms with Gasteiger partial charge in [-0.15, -0.1) is 0 Å². The average Bonchev–Trinajstić information content (AvgIpc) is 2.99. The van der Waals surface area contributed by atoms with E-state index in [0.29, 0.717) is 4.90 Å². The summed E-state index contributed by atoms with van der Waals surface area (Å²) in [7, 11) is 0. The van der Waals surface area contributed by atoms with Crippen molar-refractivity contribution in [1.82, 2.24) is 4.90 Å². The number of hydrogen-bond donors (Lipinski definition) is 1. The maximum absolute atomic E-state index is 14.0. The lowest BCUT2D eigenvalue weighted by Crippen LogP contribution is -2.40. The van der Waals surface area contributed by atoms with Crippen molar-refractivity contribution in [1.29, 1.82) is 0 Å². The Morgan fingerprint density at radius 1 is 1.19 bits per heavy atom. The van der Waals surface area contributed by atoms with Gasteiger partial charge in [0.2, 0.25) is 0 Å². The molecule has 1 saturated heterocycles. The Balaban J connectivity index is 2.32. The molecule has 0 radical (unpaired) electrons. The molecule has 2 rings (SSSR count). The Morgan fingerprint density at radius 3 is 2.27 bits per heavy atom. The van der Waals surface area contributed by atoms with Gasteiger partial charge in [-0.25, -0.2) is 22.4 Å². The van der Waals surface area contributed by atoms with Crippen LogP contribution in [0.3, 0.4) is 0 Å². The molecule has 142 valence electrons. The summed E-state index contributed by atoms with van der Waals surface area (Å²) in [6, 6.07) is -1.34. The molecule has 1 aliphatic heterocycles. The van der Waals surface area contributed by atoms with Crippen LogP contribution in [-0.4, -0.2) is 47.0 Å². The van der Waals surface area contributed by atoms with Crippen LogP contribution in [0.2, 0.25) is 0 Å². The molecule has 1 aromatic rings. The number of esters is 1. The van der Waals surface area contributed by atoms with E-state index in [0.717, 1.165) is 0 Å². The zero-order valence-electron chi connectivity index (χ0n) is 13.6. The second kappa shape index (κ2) is 7.71. The van der Waals surface area contributed by atoms with Crippen LogP contribution >= 0.6 is 0 Å². The number of carboxylic acid groups (broad SMARTS) is 1. The van der Waals surface area contributed by atoms with Gasteiger partial charge in [0, 0.05) is 24.1 Å². The summed E-state index contributed by atoms with van der Waals surface area (Å²) in [6.07, 6.45) is -2.70. The van der Waals surface area contributed by atoms with Crippen molar-refractivity contribution in [3.8, 4) is 0 Å². The number of nitrogens with zero attached hydrogens (tertiary/aromatic N) is 1. The summed E-state index contributed by atoms with van der Waals surface area (Å²) in [5, 5.41) is 9.20. The minimum atomic E-state index is -1.64. The fourth-order valence-electron chi connectivity index (χ4n) is 2.98. The Morgan fingerprint density at radius 2 is 1.77 bits per heavy atom. The van der Waals surface area contributed by atoms with Gasteiger partial charge >= 0.3 is 12.1 Å². The number of carbonyl (C=O) groups excluding carboxylic acids is 2. The lowest BCUT2D eigenvalue weighted by molar-refractivity contribution is -0.146. The van der Waals surface area contributed by atoms with Crippen molar-refractivity contribution in [2.75, 3.05) is 13.2 Å². The zero-order valence-corrected chi connectivity index (χ0v) is 13.6. The topological polar surface area (TPSA) is 83.9 Å². The first-order valence-corrected chi connectivity index (χ1v) is 7.68. The maximum Gasteiger partial charge on any atom is 0.407 e. The summed E-state index contributed by atoms with van der Waals surface area (Å²) in [4.78, 5) is 35.5. The van der Waals surface area contributed by atoms with Gasteiger partial charge in [-0.2, -0.15) is 0 Å². The first-order valence-electron chi connectivity index (χ1n) is 7.68. The lowest BCUT2D eigenvalue weighted by Gasteiger charge is -2.19. The minimum Gasteiger partial charge on any atom is -0.466 e. The molecule has 0 spiro atoms. The summed E-state index contributed by atoms with van der Waals surface area (Å²) in [5.41, 5.74) is -0.958. The van der Waals surface area contributed by atoms with Crippen LogP contribution in [0.1, 0.15) is 31.2 Å². The fraction of sp³-hybridized carbons (Fsp3) is 0.438. The van der Waals surface area contributed by atoms with Crippen molar-refractivity contribution in [3.63, 3.8) is 0 Å². The summed E-state index contributed by atoms with van der Waals surface area (Å²) in [6.45, 7) is 0.980. The molecule has 1 N–H and O–H groups in total. The van der Waals surface area contributed by atoms with E-state index in [-0.39, 0.29) is 12.7 Å². The van der Waals surface area contributed by atoms with Crippen LogP contribution in [0.5, 0.6) is 0 Å². The highest BCUT2D eigenvalue weighted by molar-refractivity contribution is 5.99. The van der Waals surface area contributed by atoms with Crippen LogP contribution in [-0.2, 0) is 14.3 Å². The second-order valence-corrected chi connectivity index (χ2v) is 5.71. The molecule has 2 unspecified atom stereocenters. The molecular formula is C16H15F4NO5. The quantitative estimate of drug-likeness (QED) is 0.369. The average molecular weight is 377 g/mol. The third-order valence-electron chi connectivity index (χ3n) is 4.10. The van der Waals surface area contributed by atoms with Gasteiger partial charge in [-0.1, -0.05) is 0 Å². The number of carbonyl (C=O) groups is 3. The summed E-state index contributed by atoms with van der Waals surface area (Å²) in [5.74, 6) is -9.52. The minimum absolute atomic E-state index is 0.0149. The number of ketones is 1. The first kappa shape index (κ1) is 19.7. The van der Waals surface area contributed by atoms with Gasteiger partial charge < -0.3 is 9.84 Å². The third kappa shape index (κ3) is 3.78. The number of ether oxygens (including phenoxy) is 1. The molecule has 1 fully saturated rings. The molecular weight excluding hydrogens is 362 g/mol. The van der Waals surface area contributed by atoms with E-state index in [4.69, 9.17) is 0 Å². The molecule has 1 aromatic carbocycles. The zero-order chi connectivity index (χ0) is 19.6. The lowest BCUT2D eigenvalue weighted by atomic mass is 9.93. The second-order valence-electron chi connectivity index (χ2n) is 5.71. The Hall–Kier alpha value is -2.65. The van der Waals surface area contributed by atoms with E-state index >= 15 is 0 Å². The van der Waals surface area contributed by atoms with Crippen LogP contribution in [0.25, 0.3) is 0 Å². The molecule has 10 heteroatoms. The molecule has 0 aliphatic carbocycles. The number of amides is 1. The van der Waals surface area contributed by atoms with Crippen LogP contribution in [0, 0.1) is 23.3 Å². The van der Waals surface area contributed by atoms with Crippen molar-refractivity contribution in [3.05, 3.63) is 34.9 Å². The Bertz CT molecular complexity index is 728. The van der Waals surface area contributed by atoms with Crippen molar-refractivity contribution in [2.45, 2.75) is 31.7 Å². The molecule has 26 heavy (non-hydrogen) atoms.